The van der Waals surface area contributed by atoms with Crippen molar-refractivity contribution in [1.82, 2.24) is 15.2 Å². The van der Waals surface area contributed by atoms with E-state index in [9.17, 15) is 4.79 Å². The van der Waals surface area contributed by atoms with Gasteiger partial charge in [-0.2, -0.15) is 0 Å². The van der Waals surface area contributed by atoms with E-state index in [0.717, 1.165) is 0 Å². The van der Waals surface area contributed by atoms with Gasteiger partial charge in [-0.15, -0.1) is 10.2 Å². The summed E-state index contributed by atoms with van der Waals surface area (Å²) >= 11 is 8.78. The Morgan fingerprint density at radius 3 is 2.65 bits per heavy atom. The van der Waals surface area contributed by atoms with Gasteiger partial charge in [0.2, 0.25) is 0 Å². The van der Waals surface area contributed by atoms with Crippen LogP contribution in [0.15, 0.2) is 35.1 Å². The summed E-state index contributed by atoms with van der Waals surface area (Å²) in [5.41, 5.74) is 0.771. The van der Waals surface area contributed by atoms with Gasteiger partial charge in [-0.05, 0) is 40.2 Å². The van der Waals surface area contributed by atoms with Crippen LogP contribution in [0.3, 0.4) is 0 Å². The van der Waals surface area contributed by atoms with Gasteiger partial charge >= 0.3 is 0 Å². The fourth-order valence-electron chi connectivity index (χ4n) is 1.08. The Balaban J connectivity index is 2.11. The third-order valence-electron chi connectivity index (χ3n) is 1.85. The van der Waals surface area contributed by atoms with E-state index in [1.54, 1.807) is 12.1 Å². The summed E-state index contributed by atoms with van der Waals surface area (Å²) in [7, 11) is 0. The van der Waals surface area contributed by atoms with Crippen LogP contribution in [0.4, 0.5) is 5.69 Å². The number of anilines is 1. The molecule has 0 aliphatic rings. The maximum Gasteiger partial charge on any atom is 0.276 e. The minimum atomic E-state index is -0.363. The monoisotopic (exact) mass is 312 g/mol. The highest BCUT2D eigenvalue weighted by atomic mass is 79.9. The van der Waals surface area contributed by atoms with Gasteiger partial charge in [0, 0.05) is 0 Å². The van der Waals surface area contributed by atoms with E-state index in [2.05, 4.69) is 36.4 Å². The number of hydrogen-bond acceptors (Lipinski definition) is 4. The van der Waals surface area contributed by atoms with Crippen LogP contribution in [0.5, 0.6) is 0 Å². The van der Waals surface area contributed by atoms with Crippen molar-refractivity contribution in [3.63, 3.8) is 0 Å². The van der Waals surface area contributed by atoms with Crippen LogP contribution >= 0.6 is 27.5 Å². The Hall–Kier alpha value is -1.53. The molecule has 1 N–H and O–H groups in total. The lowest BCUT2D eigenvalue weighted by molar-refractivity contribution is 0.102. The first-order valence-electron chi connectivity index (χ1n) is 4.57. The maximum atomic E-state index is 11.7. The number of rotatable bonds is 2. The predicted molar refractivity (Wildman–Crippen MR) is 66.9 cm³/mol. The lowest BCUT2D eigenvalue weighted by Gasteiger charge is -2.03. The molecule has 0 fully saturated rings. The molecule has 0 radical (unpaired) electrons. The van der Waals surface area contributed by atoms with Gasteiger partial charge in [-0.3, -0.25) is 4.79 Å². The van der Waals surface area contributed by atoms with Crippen molar-refractivity contribution >= 4 is 39.1 Å². The van der Waals surface area contributed by atoms with E-state index in [0.29, 0.717) is 10.3 Å². The van der Waals surface area contributed by atoms with Crippen molar-refractivity contribution < 1.29 is 4.79 Å². The second-order valence-electron chi connectivity index (χ2n) is 3.07. The number of hydrogen-bond donors (Lipinski definition) is 1. The summed E-state index contributed by atoms with van der Waals surface area (Å²) in [6.07, 6.45) is 1.53. The molecule has 1 amide bonds. The van der Waals surface area contributed by atoms with Crippen molar-refractivity contribution in [3.05, 3.63) is 45.9 Å². The quantitative estimate of drug-likeness (QED) is 0.865. The van der Waals surface area contributed by atoms with Crippen LogP contribution in [-0.2, 0) is 0 Å². The SMILES string of the molecule is O=C(Nc1ccc(Br)nc1)c1ccc(Cl)nn1. The van der Waals surface area contributed by atoms with Crippen molar-refractivity contribution in [2.45, 2.75) is 0 Å². The summed E-state index contributed by atoms with van der Waals surface area (Å²) in [5, 5.41) is 10.1. The molecule has 17 heavy (non-hydrogen) atoms. The summed E-state index contributed by atoms with van der Waals surface area (Å²) in [6.45, 7) is 0. The van der Waals surface area contributed by atoms with E-state index in [1.807, 2.05) is 0 Å². The molecular weight excluding hydrogens is 307 g/mol. The molecule has 2 rings (SSSR count). The van der Waals surface area contributed by atoms with Crippen molar-refractivity contribution in [2.75, 3.05) is 5.32 Å². The highest BCUT2D eigenvalue weighted by molar-refractivity contribution is 9.10. The van der Waals surface area contributed by atoms with Gasteiger partial charge in [0.05, 0.1) is 11.9 Å². The van der Waals surface area contributed by atoms with Crippen LogP contribution in [0.2, 0.25) is 5.15 Å². The standard InChI is InChI=1S/C10H6BrClN4O/c11-8-3-1-6(5-13-8)14-10(17)7-2-4-9(12)16-15-7/h1-5H,(H,14,17). The van der Waals surface area contributed by atoms with Crippen molar-refractivity contribution in [3.8, 4) is 0 Å². The van der Waals surface area contributed by atoms with Gasteiger partial charge in [-0.1, -0.05) is 11.6 Å². The zero-order valence-corrected chi connectivity index (χ0v) is 10.7. The van der Waals surface area contributed by atoms with Crippen LogP contribution in [0.1, 0.15) is 10.5 Å². The molecule has 0 unspecified atom stereocenters. The molecule has 0 saturated heterocycles. The molecule has 0 saturated carbocycles. The zero-order chi connectivity index (χ0) is 12.3. The summed E-state index contributed by atoms with van der Waals surface area (Å²) in [5.74, 6) is -0.363. The topological polar surface area (TPSA) is 67.8 Å². The molecule has 0 spiro atoms. The number of carbonyl (C=O) groups excluding carboxylic acids is 1. The number of nitrogens with zero attached hydrogens (tertiary/aromatic N) is 3. The largest absolute Gasteiger partial charge is 0.319 e. The first-order chi connectivity index (χ1) is 8.15. The van der Waals surface area contributed by atoms with Gasteiger partial charge in [0.25, 0.3) is 5.91 Å². The Bertz CT molecular complexity index is 529. The van der Waals surface area contributed by atoms with Gasteiger partial charge in [0.1, 0.15) is 4.60 Å². The van der Waals surface area contributed by atoms with Gasteiger partial charge in [-0.25, -0.2) is 4.98 Å². The van der Waals surface area contributed by atoms with E-state index in [-0.39, 0.29) is 16.8 Å². The maximum absolute atomic E-state index is 11.7. The van der Waals surface area contributed by atoms with Crippen molar-refractivity contribution in [1.29, 1.82) is 0 Å². The van der Waals surface area contributed by atoms with Gasteiger partial charge < -0.3 is 5.32 Å². The fraction of sp³-hybridized carbons (Fsp3) is 0. The van der Waals surface area contributed by atoms with E-state index < -0.39 is 0 Å². The van der Waals surface area contributed by atoms with E-state index in [4.69, 9.17) is 11.6 Å². The van der Waals surface area contributed by atoms with Crippen LogP contribution in [-0.4, -0.2) is 21.1 Å². The molecule has 86 valence electrons. The number of pyridine rings is 1. The fourth-order valence-corrected chi connectivity index (χ4v) is 1.42. The highest BCUT2D eigenvalue weighted by Gasteiger charge is 2.08. The summed E-state index contributed by atoms with van der Waals surface area (Å²) < 4.78 is 0.696. The number of aromatic nitrogens is 3. The van der Waals surface area contributed by atoms with Crippen LogP contribution < -0.4 is 5.32 Å². The lowest BCUT2D eigenvalue weighted by Crippen LogP contribution is -2.14. The second kappa shape index (κ2) is 5.20. The molecule has 0 aromatic carbocycles. The molecule has 2 aromatic rings. The molecule has 2 aromatic heterocycles. The second-order valence-corrected chi connectivity index (χ2v) is 4.26. The average Bonchev–Trinajstić information content (AvgIpc) is 2.33. The van der Waals surface area contributed by atoms with Crippen molar-refractivity contribution in [2.24, 2.45) is 0 Å². The zero-order valence-electron chi connectivity index (χ0n) is 8.39. The molecular formula is C10H6BrClN4O. The minimum absolute atomic E-state index is 0.192. The normalized spacial score (nSPS) is 10.0. The van der Waals surface area contributed by atoms with Gasteiger partial charge in [0.15, 0.2) is 10.8 Å². The number of carbonyl (C=O) groups is 1. The molecule has 7 heteroatoms. The summed E-state index contributed by atoms with van der Waals surface area (Å²) in [4.78, 5) is 15.7. The summed E-state index contributed by atoms with van der Waals surface area (Å²) in [6, 6.07) is 6.45. The van der Waals surface area contributed by atoms with Crippen LogP contribution in [0.25, 0.3) is 0 Å². The third-order valence-corrected chi connectivity index (χ3v) is 2.52. The molecule has 0 atom stereocenters. The first kappa shape index (κ1) is 11.9. The minimum Gasteiger partial charge on any atom is -0.319 e. The Kier molecular flexibility index (Phi) is 3.65. The Morgan fingerprint density at radius 1 is 1.24 bits per heavy atom. The number of nitrogens with one attached hydrogen (secondary N) is 1. The Morgan fingerprint density at radius 2 is 2.06 bits per heavy atom. The molecule has 0 aliphatic carbocycles. The smallest absolute Gasteiger partial charge is 0.276 e. The van der Waals surface area contributed by atoms with E-state index in [1.165, 1.54) is 18.3 Å². The third kappa shape index (κ3) is 3.21. The molecule has 2 heterocycles. The first-order valence-corrected chi connectivity index (χ1v) is 5.74. The highest BCUT2D eigenvalue weighted by Crippen LogP contribution is 2.11. The number of halogens is 2. The average molecular weight is 314 g/mol. The van der Waals surface area contributed by atoms with Crippen LogP contribution in [0, 0.1) is 0 Å². The number of amides is 1. The lowest BCUT2D eigenvalue weighted by atomic mass is 10.3. The Labute approximate surface area is 110 Å². The van der Waals surface area contributed by atoms with E-state index >= 15 is 0 Å². The predicted octanol–water partition coefficient (Wildman–Crippen LogP) is 2.54. The molecule has 0 bridgehead atoms. The molecule has 5 nitrogen and oxygen atoms in total. The molecule has 0 aliphatic heterocycles.